The van der Waals surface area contributed by atoms with Crippen molar-refractivity contribution < 1.29 is 24.2 Å². The third-order valence-corrected chi connectivity index (χ3v) is 7.34. The van der Waals surface area contributed by atoms with E-state index < -0.39 is 29.6 Å². The quantitative estimate of drug-likeness (QED) is 0.691. The molecule has 32 heavy (non-hydrogen) atoms. The second-order valence-electron chi connectivity index (χ2n) is 8.27. The van der Waals surface area contributed by atoms with E-state index in [0.29, 0.717) is 12.2 Å². The lowest BCUT2D eigenvalue weighted by atomic mass is 9.96. The average molecular weight is 455 g/mol. The van der Waals surface area contributed by atoms with E-state index in [2.05, 4.69) is 17.4 Å². The molecule has 2 N–H and O–H groups in total. The van der Waals surface area contributed by atoms with Crippen LogP contribution >= 0.6 is 11.8 Å². The summed E-state index contributed by atoms with van der Waals surface area (Å²) < 4.78 is 5.58. The molecular formula is C24H26N2O5S. The van der Waals surface area contributed by atoms with Gasteiger partial charge in [-0.3, -0.25) is 4.79 Å². The zero-order chi connectivity index (χ0) is 22.9. The monoisotopic (exact) mass is 454 g/mol. The summed E-state index contributed by atoms with van der Waals surface area (Å²) in [5.41, 5.74) is 3.23. The number of rotatable bonds is 6. The molecule has 1 aliphatic carbocycles. The van der Waals surface area contributed by atoms with Gasteiger partial charge in [-0.1, -0.05) is 55.5 Å². The van der Waals surface area contributed by atoms with Crippen molar-refractivity contribution in [2.75, 3.05) is 18.2 Å². The first-order chi connectivity index (χ1) is 15.4. The van der Waals surface area contributed by atoms with Crippen molar-refractivity contribution in [3.8, 4) is 11.1 Å². The van der Waals surface area contributed by atoms with Crippen LogP contribution in [0.2, 0.25) is 0 Å². The van der Waals surface area contributed by atoms with Crippen molar-refractivity contribution in [3.05, 3.63) is 59.7 Å². The molecule has 2 aliphatic rings. The van der Waals surface area contributed by atoms with Gasteiger partial charge < -0.3 is 20.1 Å². The van der Waals surface area contributed by atoms with Gasteiger partial charge in [-0.25, -0.2) is 9.59 Å². The molecule has 1 aliphatic heterocycles. The molecule has 0 spiro atoms. The fraction of sp³-hybridized carbons (Fsp3) is 0.375. The molecule has 0 saturated carbocycles. The highest BCUT2D eigenvalue weighted by molar-refractivity contribution is 7.99. The molecule has 1 fully saturated rings. The molecule has 2 aromatic rings. The van der Waals surface area contributed by atoms with Gasteiger partial charge in [0.25, 0.3) is 0 Å². The summed E-state index contributed by atoms with van der Waals surface area (Å²) in [7, 11) is 0. The predicted molar refractivity (Wildman–Crippen MR) is 122 cm³/mol. The van der Waals surface area contributed by atoms with Crippen molar-refractivity contribution in [2.24, 2.45) is 0 Å². The molecule has 1 heterocycles. The number of nitrogens with one attached hydrogen (secondary N) is 1. The summed E-state index contributed by atoms with van der Waals surface area (Å²) in [4.78, 5) is 38.6. The number of carboxylic acid groups (broad SMARTS) is 1. The Morgan fingerprint density at radius 1 is 1.12 bits per heavy atom. The van der Waals surface area contributed by atoms with E-state index in [0.717, 1.165) is 22.3 Å². The van der Waals surface area contributed by atoms with Gasteiger partial charge in [-0.05, 0) is 35.6 Å². The van der Waals surface area contributed by atoms with Crippen molar-refractivity contribution >= 4 is 29.7 Å². The van der Waals surface area contributed by atoms with E-state index >= 15 is 0 Å². The van der Waals surface area contributed by atoms with Gasteiger partial charge in [-0.15, -0.1) is 11.8 Å². The fourth-order valence-corrected chi connectivity index (χ4v) is 5.46. The van der Waals surface area contributed by atoms with Crippen molar-refractivity contribution in [2.45, 2.75) is 37.8 Å². The summed E-state index contributed by atoms with van der Waals surface area (Å²) in [5, 5.41) is 12.1. The number of carbonyl (C=O) groups is 3. The second kappa shape index (κ2) is 8.86. The van der Waals surface area contributed by atoms with E-state index in [-0.39, 0.29) is 18.4 Å². The van der Waals surface area contributed by atoms with Crippen molar-refractivity contribution in [1.82, 2.24) is 10.2 Å². The molecule has 2 amide bonds. The van der Waals surface area contributed by atoms with E-state index in [1.165, 1.54) is 16.7 Å². The number of carboxylic acids is 1. The second-order valence-corrected chi connectivity index (χ2v) is 9.26. The van der Waals surface area contributed by atoms with Crippen LogP contribution in [0.1, 0.15) is 37.3 Å². The smallest absolute Gasteiger partial charge is 0.408 e. The Hall–Kier alpha value is -3.00. The number of hydrogen-bond donors (Lipinski definition) is 2. The minimum Gasteiger partial charge on any atom is -0.480 e. The molecular weight excluding hydrogens is 428 g/mol. The van der Waals surface area contributed by atoms with Gasteiger partial charge in [0.2, 0.25) is 5.91 Å². The Kier molecular flexibility index (Phi) is 6.15. The first-order valence-electron chi connectivity index (χ1n) is 10.6. The van der Waals surface area contributed by atoms with Crippen LogP contribution in [0.3, 0.4) is 0 Å². The SMILES string of the molecule is CCC(C)(NC(=O)OCC1c2ccccc2-c2ccccc21)C(=O)N1CSC[C@H]1C(=O)O. The number of fused-ring (bicyclic) bond motifs is 3. The van der Waals surface area contributed by atoms with E-state index in [1.807, 2.05) is 36.4 Å². The van der Waals surface area contributed by atoms with Gasteiger partial charge in [0.1, 0.15) is 18.2 Å². The number of aliphatic carboxylic acids is 1. The topological polar surface area (TPSA) is 95.9 Å². The molecule has 2 atom stereocenters. The summed E-state index contributed by atoms with van der Waals surface area (Å²) in [6.07, 6.45) is -0.382. The maximum absolute atomic E-state index is 13.1. The number of amides is 2. The largest absolute Gasteiger partial charge is 0.480 e. The molecule has 1 unspecified atom stereocenters. The molecule has 7 nitrogen and oxygen atoms in total. The lowest BCUT2D eigenvalue weighted by Gasteiger charge is -2.33. The zero-order valence-corrected chi connectivity index (χ0v) is 18.9. The van der Waals surface area contributed by atoms with Gasteiger partial charge in [0, 0.05) is 11.7 Å². The Bertz CT molecular complexity index is 1010. The fourth-order valence-electron chi connectivity index (χ4n) is 4.32. The Morgan fingerprint density at radius 2 is 1.72 bits per heavy atom. The highest BCUT2D eigenvalue weighted by atomic mass is 32.2. The summed E-state index contributed by atoms with van der Waals surface area (Å²) in [6.45, 7) is 3.53. The Labute approximate surface area is 191 Å². The average Bonchev–Trinajstić information content (AvgIpc) is 3.40. The Morgan fingerprint density at radius 3 is 2.28 bits per heavy atom. The summed E-state index contributed by atoms with van der Waals surface area (Å²) in [6, 6.07) is 15.2. The number of hydrogen-bond acceptors (Lipinski definition) is 5. The number of benzene rings is 2. The van der Waals surface area contributed by atoms with Crippen LogP contribution in [0.5, 0.6) is 0 Å². The van der Waals surface area contributed by atoms with Crippen molar-refractivity contribution in [3.63, 3.8) is 0 Å². The molecule has 0 bridgehead atoms. The van der Waals surface area contributed by atoms with Crippen LogP contribution in [-0.4, -0.2) is 57.8 Å². The summed E-state index contributed by atoms with van der Waals surface area (Å²) in [5.74, 6) is -0.902. The molecule has 8 heteroatoms. The molecule has 0 radical (unpaired) electrons. The third kappa shape index (κ3) is 3.95. The number of thioether (sulfide) groups is 1. The minimum absolute atomic E-state index is 0.0805. The summed E-state index contributed by atoms with van der Waals surface area (Å²) >= 11 is 1.39. The van der Waals surface area contributed by atoms with Crippen LogP contribution in [0.15, 0.2) is 48.5 Å². The lowest BCUT2D eigenvalue weighted by molar-refractivity contribution is -0.150. The van der Waals surface area contributed by atoms with Gasteiger partial charge in [0.05, 0.1) is 5.88 Å². The first-order valence-corrected chi connectivity index (χ1v) is 11.8. The van der Waals surface area contributed by atoms with Gasteiger partial charge >= 0.3 is 12.1 Å². The molecule has 4 rings (SSSR count). The highest BCUT2D eigenvalue weighted by Gasteiger charge is 2.44. The maximum atomic E-state index is 13.1. The normalized spacial score (nSPS) is 19.1. The van der Waals surface area contributed by atoms with Crippen molar-refractivity contribution in [1.29, 1.82) is 0 Å². The van der Waals surface area contributed by atoms with Crippen LogP contribution in [0, 0.1) is 0 Å². The third-order valence-electron chi connectivity index (χ3n) is 6.33. The number of alkyl carbamates (subject to hydrolysis) is 1. The zero-order valence-electron chi connectivity index (χ0n) is 18.0. The molecule has 0 aromatic heterocycles. The van der Waals surface area contributed by atoms with Gasteiger partial charge in [0.15, 0.2) is 0 Å². The van der Waals surface area contributed by atoms with Crippen LogP contribution in [0.25, 0.3) is 11.1 Å². The highest BCUT2D eigenvalue weighted by Crippen LogP contribution is 2.44. The lowest BCUT2D eigenvalue weighted by Crippen LogP contribution is -2.59. The minimum atomic E-state index is -1.25. The Balaban J connectivity index is 1.45. The van der Waals surface area contributed by atoms with Crippen LogP contribution < -0.4 is 5.32 Å². The van der Waals surface area contributed by atoms with E-state index in [4.69, 9.17) is 4.74 Å². The maximum Gasteiger partial charge on any atom is 0.408 e. The molecule has 2 aromatic carbocycles. The number of nitrogens with zero attached hydrogens (tertiary/aromatic N) is 1. The van der Waals surface area contributed by atoms with Gasteiger partial charge in [-0.2, -0.15) is 0 Å². The predicted octanol–water partition coefficient (Wildman–Crippen LogP) is 3.68. The number of carbonyl (C=O) groups excluding carboxylic acids is 2. The van der Waals surface area contributed by atoms with Crippen LogP contribution in [-0.2, 0) is 14.3 Å². The first kappa shape index (κ1) is 22.2. The van der Waals surface area contributed by atoms with Crippen LogP contribution in [0.4, 0.5) is 4.79 Å². The van der Waals surface area contributed by atoms with E-state index in [1.54, 1.807) is 13.8 Å². The number of ether oxygens (including phenoxy) is 1. The molecule has 1 saturated heterocycles. The molecule has 168 valence electrons. The standard InChI is InChI=1S/C24H26N2O5S/c1-3-24(2,22(29)26-14-32-13-20(26)21(27)28)25-23(30)31-12-19-17-10-6-4-8-15(17)16-9-5-7-11-18(16)19/h4-11,19-20H,3,12-14H2,1-2H3,(H,25,30)(H,27,28)/t20-,24?/m0/s1. The van der Waals surface area contributed by atoms with E-state index in [9.17, 15) is 19.5 Å².